The second kappa shape index (κ2) is 7.39. The van der Waals surface area contributed by atoms with E-state index in [1.54, 1.807) is 24.3 Å². The molecule has 126 valence electrons. The first-order valence-electron chi connectivity index (χ1n) is 7.76. The summed E-state index contributed by atoms with van der Waals surface area (Å²) < 4.78 is 5.57. The van der Waals surface area contributed by atoms with Crippen molar-refractivity contribution < 1.29 is 9.66 Å². The van der Waals surface area contributed by atoms with Crippen molar-refractivity contribution in [1.29, 1.82) is 0 Å². The fourth-order valence-electron chi connectivity index (χ4n) is 2.37. The second-order valence-corrected chi connectivity index (χ2v) is 5.18. The molecule has 7 nitrogen and oxygen atoms in total. The lowest BCUT2D eigenvalue weighted by Crippen LogP contribution is -2.04. The van der Waals surface area contributed by atoms with E-state index in [2.05, 4.69) is 15.3 Å². The van der Waals surface area contributed by atoms with Gasteiger partial charge in [0.25, 0.3) is 0 Å². The van der Waals surface area contributed by atoms with Crippen LogP contribution in [-0.2, 0) is 6.42 Å². The Balaban J connectivity index is 1.99. The van der Waals surface area contributed by atoms with Gasteiger partial charge in [-0.2, -0.15) is 4.98 Å². The molecule has 0 aliphatic carbocycles. The molecule has 0 aliphatic heterocycles. The number of nitrogens with one attached hydrogen (secondary N) is 1. The van der Waals surface area contributed by atoms with Crippen molar-refractivity contribution in [1.82, 2.24) is 9.97 Å². The number of nitrogens with zero attached hydrogens (tertiary/aromatic N) is 3. The summed E-state index contributed by atoms with van der Waals surface area (Å²) in [4.78, 5) is 19.0. The lowest BCUT2D eigenvalue weighted by molar-refractivity contribution is -0.385. The van der Waals surface area contributed by atoms with E-state index in [0.717, 1.165) is 17.7 Å². The maximum Gasteiger partial charge on any atom is 0.373 e. The highest BCUT2D eigenvalue weighted by Crippen LogP contribution is 2.35. The molecule has 1 N–H and O–H groups in total. The number of ether oxygens (including phenoxy) is 1. The second-order valence-electron chi connectivity index (χ2n) is 5.18. The van der Waals surface area contributed by atoms with E-state index in [-0.39, 0.29) is 17.4 Å². The van der Waals surface area contributed by atoms with Gasteiger partial charge in [-0.05, 0) is 30.2 Å². The van der Waals surface area contributed by atoms with Crippen LogP contribution < -0.4 is 10.1 Å². The maximum atomic E-state index is 11.6. The predicted molar refractivity (Wildman–Crippen MR) is 94.3 cm³/mol. The smallest absolute Gasteiger partial charge is 0.373 e. The fraction of sp³-hybridized carbons (Fsp3) is 0.111. The van der Waals surface area contributed by atoms with E-state index < -0.39 is 4.92 Å². The third kappa shape index (κ3) is 3.72. The first kappa shape index (κ1) is 16.4. The molecule has 0 fully saturated rings. The van der Waals surface area contributed by atoms with E-state index >= 15 is 0 Å². The number of aryl methyl sites for hydroxylation is 1. The molecule has 0 amide bonds. The summed E-state index contributed by atoms with van der Waals surface area (Å²) in [5.74, 6) is 0.443. The highest BCUT2D eigenvalue weighted by Gasteiger charge is 2.25. The van der Waals surface area contributed by atoms with Crippen LogP contribution >= 0.6 is 0 Å². The molecule has 0 spiro atoms. The molecule has 0 atom stereocenters. The Morgan fingerprint density at radius 3 is 2.52 bits per heavy atom. The van der Waals surface area contributed by atoms with Crippen LogP contribution in [0.2, 0.25) is 0 Å². The molecule has 0 saturated carbocycles. The van der Waals surface area contributed by atoms with Crippen molar-refractivity contribution in [3.8, 4) is 11.6 Å². The molecule has 0 unspecified atom stereocenters. The molecular weight excluding hydrogens is 320 g/mol. The van der Waals surface area contributed by atoms with Gasteiger partial charge in [-0.25, -0.2) is 4.98 Å². The number of benzene rings is 2. The number of hydrogen-bond acceptors (Lipinski definition) is 6. The molecular formula is C18H16N4O3. The van der Waals surface area contributed by atoms with E-state index in [9.17, 15) is 10.1 Å². The van der Waals surface area contributed by atoms with Crippen molar-refractivity contribution in [2.75, 3.05) is 5.32 Å². The highest BCUT2D eigenvalue weighted by molar-refractivity contribution is 5.70. The lowest BCUT2D eigenvalue weighted by atomic mass is 10.1. The molecule has 1 aromatic heterocycles. The molecule has 2 aromatic carbocycles. The minimum Gasteiger partial charge on any atom is -0.434 e. The Morgan fingerprint density at radius 1 is 1.08 bits per heavy atom. The number of para-hydroxylation sites is 2. The van der Waals surface area contributed by atoms with Gasteiger partial charge in [0.05, 0.1) is 4.92 Å². The van der Waals surface area contributed by atoms with Gasteiger partial charge in [0, 0.05) is 5.69 Å². The average molecular weight is 336 g/mol. The molecule has 1 heterocycles. The Labute approximate surface area is 144 Å². The fourth-order valence-corrected chi connectivity index (χ4v) is 2.37. The van der Waals surface area contributed by atoms with E-state index in [0.29, 0.717) is 5.75 Å². The Kier molecular flexibility index (Phi) is 4.84. The highest BCUT2D eigenvalue weighted by atomic mass is 16.6. The summed E-state index contributed by atoms with van der Waals surface area (Å²) >= 11 is 0. The van der Waals surface area contributed by atoms with Gasteiger partial charge in [0.2, 0.25) is 5.82 Å². The van der Waals surface area contributed by atoms with E-state index in [4.69, 9.17) is 4.74 Å². The van der Waals surface area contributed by atoms with Crippen molar-refractivity contribution >= 4 is 17.2 Å². The van der Waals surface area contributed by atoms with Gasteiger partial charge in [0.1, 0.15) is 12.1 Å². The quantitative estimate of drug-likeness (QED) is 0.527. The van der Waals surface area contributed by atoms with Crippen LogP contribution in [0.25, 0.3) is 0 Å². The number of nitro groups is 1. The summed E-state index contributed by atoms with van der Waals surface area (Å²) in [6, 6.07) is 16.4. The summed E-state index contributed by atoms with van der Waals surface area (Å²) in [5, 5.41) is 14.6. The zero-order valence-electron chi connectivity index (χ0n) is 13.5. The summed E-state index contributed by atoms with van der Waals surface area (Å²) in [6.07, 6.45) is 2.03. The van der Waals surface area contributed by atoms with E-state index in [1.807, 2.05) is 37.3 Å². The molecule has 25 heavy (non-hydrogen) atoms. The molecule has 0 radical (unpaired) electrons. The van der Waals surface area contributed by atoms with Crippen LogP contribution in [0.4, 0.5) is 17.2 Å². The van der Waals surface area contributed by atoms with Gasteiger partial charge in [0.15, 0.2) is 0 Å². The molecule has 3 rings (SSSR count). The summed E-state index contributed by atoms with van der Waals surface area (Å²) in [6.45, 7) is 2.01. The largest absolute Gasteiger partial charge is 0.434 e. The first-order valence-corrected chi connectivity index (χ1v) is 7.76. The predicted octanol–water partition coefficient (Wildman–Crippen LogP) is 4.48. The van der Waals surface area contributed by atoms with Crippen LogP contribution in [0.3, 0.4) is 0 Å². The van der Waals surface area contributed by atoms with Crippen LogP contribution in [-0.4, -0.2) is 14.9 Å². The van der Waals surface area contributed by atoms with Crippen LogP contribution in [0.1, 0.15) is 12.5 Å². The minimum atomic E-state index is -0.546. The van der Waals surface area contributed by atoms with Crippen molar-refractivity contribution in [3.63, 3.8) is 0 Å². The molecule has 7 heteroatoms. The molecule has 0 saturated heterocycles. The van der Waals surface area contributed by atoms with Crippen molar-refractivity contribution in [3.05, 3.63) is 76.6 Å². The summed E-state index contributed by atoms with van der Waals surface area (Å²) in [5.41, 5.74) is 1.48. The third-order valence-electron chi connectivity index (χ3n) is 3.58. The Bertz CT molecular complexity index is 884. The summed E-state index contributed by atoms with van der Waals surface area (Å²) in [7, 11) is 0. The monoisotopic (exact) mass is 336 g/mol. The number of rotatable bonds is 6. The van der Waals surface area contributed by atoms with Crippen molar-refractivity contribution in [2.45, 2.75) is 13.3 Å². The molecule has 3 aromatic rings. The SMILES string of the molecule is CCc1ccccc1Nc1ncnc(Oc2ccccc2)c1[N+](=O)[O-]. The lowest BCUT2D eigenvalue weighted by Gasteiger charge is -2.11. The van der Waals surface area contributed by atoms with Gasteiger partial charge >= 0.3 is 11.6 Å². The van der Waals surface area contributed by atoms with Gasteiger partial charge in [-0.3, -0.25) is 10.1 Å². The maximum absolute atomic E-state index is 11.6. The number of anilines is 2. The van der Waals surface area contributed by atoms with Gasteiger partial charge < -0.3 is 10.1 Å². The third-order valence-corrected chi connectivity index (χ3v) is 3.58. The molecule has 0 aliphatic rings. The average Bonchev–Trinajstić information content (AvgIpc) is 2.63. The zero-order valence-corrected chi connectivity index (χ0v) is 13.5. The Morgan fingerprint density at radius 2 is 1.80 bits per heavy atom. The molecule has 0 bridgehead atoms. The van der Waals surface area contributed by atoms with E-state index in [1.165, 1.54) is 6.33 Å². The van der Waals surface area contributed by atoms with Crippen LogP contribution in [0, 0.1) is 10.1 Å². The standard InChI is InChI=1S/C18H16N4O3/c1-2-13-8-6-7-11-15(13)21-17-16(22(23)24)18(20-12-19-17)25-14-9-4-3-5-10-14/h3-12H,2H2,1H3,(H,19,20,21). The van der Waals surface area contributed by atoms with Crippen molar-refractivity contribution in [2.24, 2.45) is 0 Å². The van der Waals surface area contributed by atoms with Gasteiger partial charge in [-0.1, -0.05) is 43.3 Å². The number of aromatic nitrogens is 2. The number of hydrogen-bond donors (Lipinski definition) is 1. The van der Waals surface area contributed by atoms with Crippen LogP contribution in [0.5, 0.6) is 11.6 Å². The first-order chi connectivity index (χ1) is 12.2. The minimum absolute atomic E-state index is 0.0897. The topological polar surface area (TPSA) is 90.2 Å². The zero-order chi connectivity index (χ0) is 17.6. The normalized spacial score (nSPS) is 10.3. The van der Waals surface area contributed by atoms with Gasteiger partial charge in [-0.15, -0.1) is 0 Å². The van der Waals surface area contributed by atoms with Crippen LogP contribution in [0.15, 0.2) is 60.9 Å². The Hall–Kier alpha value is -3.48.